The first-order valence-corrected chi connectivity index (χ1v) is 10.7. The normalized spacial score (nSPS) is 11.9. The summed E-state index contributed by atoms with van der Waals surface area (Å²) in [5.74, 6) is -1.54. The first-order chi connectivity index (χ1) is 14.5. The quantitative estimate of drug-likeness (QED) is 0.611. The van der Waals surface area contributed by atoms with E-state index in [0.717, 1.165) is 16.4 Å². The molecule has 0 aliphatic heterocycles. The average Bonchev–Trinajstić information content (AvgIpc) is 2.71. The van der Waals surface area contributed by atoms with E-state index >= 15 is 0 Å². The van der Waals surface area contributed by atoms with Crippen LogP contribution in [0, 0.1) is 0 Å². The molecule has 0 unspecified atom stereocenters. The van der Waals surface area contributed by atoms with Crippen molar-refractivity contribution in [2.24, 2.45) is 0 Å². The van der Waals surface area contributed by atoms with Crippen molar-refractivity contribution in [3.05, 3.63) is 59.7 Å². The van der Waals surface area contributed by atoms with Gasteiger partial charge in [-0.2, -0.15) is 17.5 Å². The fraction of sp³-hybridized carbons (Fsp3) is 0.300. The Hall–Kier alpha value is -2.92. The van der Waals surface area contributed by atoms with E-state index in [1.54, 1.807) is 6.92 Å². The third-order valence-electron chi connectivity index (χ3n) is 4.18. The minimum atomic E-state index is -4.68. The number of nitrogens with zero attached hydrogens (tertiary/aromatic N) is 1. The predicted octanol–water partition coefficient (Wildman–Crippen LogP) is 3.53. The summed E-state index contributed by atoms with van der Waals surface area (Å²) in [4.78, 5) is 23.8. The maximum Gasteiger partial charge on any atom is 0.418 e. The Balaban J connectivity index is 2.18. The molecule has 0 saturated heterocycles. The van der Waals surface area contributed by atoms with Crippen molar-refractivity contribution in [3.8, 4) is 0 Å². The number of sulfonamides is 1. The molecule has 1 N–H and O–H groups in total. The predicted molar refractivity (Wildman–Crippen MR) is 107 cm³/mol. The second-order valence-electron chi connectivity index (χ2n) is 6.27. The monoisotopic (exact) mass is 458 g/mol. The summed E-state index contributed by atoms with van der Waals surface area (Å²) < 4.78 is 70.6. The lowest BCUT2D eigenvalue weighted by atomic mass is 10.1. The van der Waals surface area contributed by atoms with E-state index < -0.39 is 45.9 Å². The molecule has 0 saturated carbocycles. The molecule has 0 radical (unpaired) electrons. The zero-order valence-electron chi connectivity index (χ0n) is 16.8. The van der Waals surface area contributed by atoms with Gasteiger partial charge >= 0.3 is 12.1 Å². The fourth-order valence-electron chi connectivity index (χ4n) is 2.68. The summed E-state index contributed by atoms with van der Waals surface area (Å²) in [6.45, 7) is 2.49. The van der Waals surface area contributed by atoms with Gasteiger partial charge in [-0.15, -0.1) is 0 Å². The van der Waals surface area contributed by atoms with Crippen molar-refractivity contribution in [2.75, 3.05) is 25.0 Å². The molecule has 0 fully saturated rings. The average molecular weight is 458 g/mol. The number of nitrogens with one attached hydrogen (secondary N) is 1. The van der Waals surface area contributed by atoms with Gasteiger partial charge in [-0.25, -0.2) is 13.2 Å². The maximum absolute atomic E-state index is 13.1. The number of alkyl halides is 3. The number of carbonyl (C=O) groups is 2. The van der Waals surface area contributed by atoms with Crippen molar-refractivity contribution in [1.29, 1.82) is 0 Å². The van der Waals surface area contributed by atoms with Crippen molar-refractivity contribution < 1.29 is 35.9 Å². The molecule has 0 heterocycles. The van der Waals surface area contributed by atoms with Crippen LogP contribution < -0.4 is 5.32 Å². The van der Waals surface area contributed by atoms with Crippen molar-refractivity contribution >= 4 is 27.6 Å². The van der Waals surface area contributed by atoms with Gasteiger partial charge < -0.3 is 10.1 Å². The number of rotatable bonds is 8. The van der Waals surface area contributed by atoms with Crippen LogP contribution in [-0.2, 0) is 25.7 Å². The highest BCUT2D eigenvalue weighted by molar-refractivity contribution is 7.89. The van der Waals surface area contributed by atoms with E-state index in [2.05, 4.69) is 5.32 Å². The number of halogens is 3. The van der Waals surface area contributed by atoms with Crippen molar-refractivity contribution in [2.45, 2.75) is 24.9 Å². The first kappa shape index (κ1) is 24.4. The standard InChI is InChI=1S/C20H21F3N2O5S/c1-3-25(13-18(26)24-17-8-6-5-7-16(17)20(21,22)23)31(28,29)15-11-9-14(10-12-15)19(27)30-4-2/h5-12H,3-4,13H2,1-2H3,(H,24,26). The van der Waals surface area contributed by atoms with Crippen LogP contribution >= 0.6 is 0 Å². The molecule has 2 rings (SSSR count). The van der Waals surface area contributed by atoms with E-state index in [1.807, 2.05) is 0 Å². The van der Waals surface area contributed by atoms with E-state index in [0.29, 0.717) is 0 Å². The highest BCUT2D eigenvalue weighted by Crippen LogP contribution is 2.34. The Bertz CT molecular complexity index is 1040. The van der Waals surface area contributed by atoms with Gasteiger partial charge in [0.2, 0.25) is 15.9 Å². The topological polar surface area (TPSA) is 92.8 Å². The molecule has 0 atom stereocenters. The molecule has 11 heteroatoms. The lowest BCUT2D eigenvalue weighted by Crippen LogP contribution is -2.38. The third kappa shape index (κ3) is 6.05. The number of esters is 1. The second kappa shape index (κ2) is 9.92. The molecule has 168 valence electrons. The number of hydrogen-bond acceptors (Lipinski definition) is 5. The van der Waals surface area contributed by atoms with Gasteiger partial charge in [-0.3, -0.25) is 4.79 Å². The SMILES string of the molecule is CCOC(=O)c1ccc(S(=O)(=O)N(CC)CC(=O)Nc2ccccc2C(F)(F)F)cc1. The van der Waals surface area contributed by atoms with Crippen LogP contribution in [0.5, 0.6) is 0 Å². The van der Waals surface area contributed by atoms with Gasteiger partial charge in [0.05, 0.1) is 34.9 Å². The van der Waals surface area contributed by atoms with Crippen LogP contribution in [0.15, 0.2) is 53.4 Å². The lowest BCUT2D eigenvalue weighted by Gasteiger charge is -2.21. The molecule has 0 aliphatic rings. The highest BCUT2D eigenvalue weighted by atomic mass is 32.2. The van der Waals surface area contributed by atoms with Crippen LogP contribution in [-0.4, -0.2) is 44.3 Å². The number of anilines is 1. The number of ether oxygens (including phenoxy) is 1. The molecule has 0 spiro atoms. The minimum Gasteiger partial charge on any atom is -0.462 e. The van der Waals surface area contributed by atoms with Crippen LogP contribution in [0.3, 0.4) is 0 Å². The third-order valence-corrected chi connectivity index (χ3v) is 6.12. The van der Waals surface area contributed by atoms with Gasteiger partial charge in [-0.05, 0) is 43.3 Å². The van der Waals surface area contributed by atoms with Crippen LogP contribution in [0.2, 0.25) is 0 Å². The molecule has 0 aromatic heterocycles. The zero-order valence-corrected chi connectivity index (χ0v) is 17.6. The maximum atomic E-state index is 13.1. The molecular weight excluding hydrogens is 437 g/mol. The summed E-state index contributed by atoms with van der Waals surface area (Å²) >= 11 is 0. The summed E-state index contributed by atoms with van der Waals surface area (Å²) in [5, 5.41) is 2.12. The Labute approximate surface area is 177 Å². The van der Waals surface area contributed by atoms with Gasteiger partial charge in [0.15, 0.2) is 0 Å². The lowest BCUT2D eigenvalue weighted by molar-refractivity contribution is -0.137. The summed E-state index contributed by atoms with van der Waals surface area (Å²) in [6, 6.07) is 9.35. The zero-order chi connectivity index (χ0) is 23.2. The Kier molecular flexibility index (Phi) is 7.80. The van der Waals surface area contributed by atoms with E-state index in [4.69, 9.17) is 4.74 Å². The molecule has 1 amide bonds. The van der Waals surface area contributed by atoms with Gasteiger partial charge in [-0.1, -0.05) is 19.1 Å². The minimum absolute atomic E-state index is 0.101. The van der Waals surface area contributed by atoms with Gasteiger partial charge in [0.25, 0.3) is 0 Å². The smallest absolute Gasteiger partial charge is 0.418 e. The fourth-order valence-corrected chi connectivity index (χ4v) is 4.09. The van der Waals surface area contributed by atoms with E-state index in [-0.39, 0.29) is 23.6 Å². The Morgan fingerprint density at radius 1 is 1.03 bits per heavy atom. The molecule has 0 bridgehead atoms. The Morgan fingerprint density at radius 2 is 1.65 bits per heavy atom. The van der Waals surface area contributed by atoms with E-state index in [9.17, 15) is 31.2 Å². The largest absolute Gasteiger partial charge is 0.462 e. The molecule has 31 heavy (non-hydrogen) atoms. The molecule has 2 aromatic carbocycles. The number of amides is 1. The molecule has 7 nitrogen and oxygen atoms in total. The number of benzene rings is 2. The number of carbonyl (C=O) groups excluding carboxylic acids is 2. The second-order valence-corrected chi connectivity index (χ2v) is 8.21. The van der Waals surface area contributed by atoms with Crippen LogP contribution in [0.25, 0.3) is 0 Å². The number of para-hydroxylation sites is 1. The van der Waals surface area contributed by atoms with Gasteiger partial charge in [0.1, 0.15) is 0 Å². The van der Waals surface area contributed by atoms with Crippen molar-refractivity contribution in [1.82, 2.24) is 4.31 Å². The molecular formula is C20H21F3N2O5S. The number of likely N-dealkylation sites (N-methyl/N-ethyl adjacent to an activating group) is 1. The van der Waals surface area contributed by atoms with Crippen LogP contribution in [0.4, 0.5) is 18.9 Å². The summed E-state index contributed by atoms with van der Waals surface area (Å²) in [5.41, 5.74) is -1.35. The summed E-state index contributed by atoms with van der Waals surface area (Å²) in [6.07, 6.45) is -4.68. The van der Waals surface area contributed by atoms with Crippen molar-refractivity contribution in [3.63, 3.8) is 0 Å². The molecule has 2 aromatic rings. The van der Waals surface area contributed by atoms with Gasteiger partial charge in [0, 0.05) is 6.54 Å². The summed E-state index contributed by atoms with van der Waals surface area (Å²) in [7, 11) is -4.13. The first-order valence-electron chi connectivity index (χ1n) is 9.24. The van der Waals surface area contributed by atoms with E-state index in [1.165, 1.54) is 43.3 Å². The van der Waals surface area contributed by atoms with Crippen LogP contribution in [0.1, 0.15) is 29.8 Å². The number of hydrogen-bond donors (Lipinski definition) is 1. The molecule has 0 aliphatic carbocycles. The highest BCUT2D eigenvalue weighted by Gasteiger charge is 2.34. The Morgan fingerprint density at radius 3 is 2.19 bits per heavy atom.